The number of rotatable bonds is 6. The molecule has 3 rings (SSSR count). The maximum absolute atomic E-state index is 12.1. The highest BCUT2D eigenvalue weighted by Crippen LogP contribution is 2.18. The fourth-order valence-electron chi connectivity index (χ4n) is 2.93. The lowest BCUT2D eigenvalue weighted by molar-refractivity contribution is -0.122. The third-order valence-electron chi connectivity index (χ3n) is 4.05. The summed E-state index contributed by atoms with van der Waals surface area (Å²) in [5.41, 5.74) is 1.18. The molecule has 0 spiro atoms. The Morgan fingerprint density at radius 3 is 3.18 bits per heavy atom. The maximum atomic E-state index is 12.1. The Labute approximate surface area is 134 Å². The van der Waals surface area contributed by atoms with E-state index in [0.29, 0.717) is 19.1 Å². The van der Waals surface area contributed by atoms with Gasteiger partial charge in [0, 0.05) is 17.1 Å². The standard InChI is InChI=1S/C16H22N4OS/c1-13-8-18-20(10-13)11-14-4-2-6-19(14)12-16(21)17-9-15-5-3-7-22-15/h3,5,7-8,10,14H,2,4,6,9,11-12H2,1H3,(H,17,21)/t14-/m0/s1. The van der Waals surface area contributed by atoms with Gasteiger partial charge < -0.3 is 5.32 Å². The molecule has 1 aliphatic rings. The van der Waals surface area contributed by atoms with Crippen molar-refractivity contribution < 1.29 is 4.79 Å². The molecule has 0 radical (unpaired) electrons. The summed E-state index contributed by atoms with van der Waals surface area (Å²) in [4.78, 5) is 15.6. The number of carbonyl (C=O) groups is 1. The van der Waals surface area contributed by atoms with E-state index in [-0.39, 0.29) is 5.91 Å². The number of nitrogens with zero attached hydrogens (tertiary/aromatic N) is 3. The quantitative estimate of drug-likeness (QED) is 0.887. The van der Waals surface area contributed by atoms with Gasteiger partial charge in [0.05, 0.1) is 25.8 Å². The van der Waals surface area contributed by atoms with Gasteiger partial charge in [0.1, 0.15) is 0 Å². The summed E-state index contributed by atoms with van der Waals surface area (Å²) < 4.78 is 1.99. The molecule has 22 heavy (non-hydrogen) atoms. The fourth-order valence-corrected chi connectivity index (χ4v) is 3.58. The number of nitrogens with one attached hydrogen (secondary N) is 1. The average molecular weight is 318 g/mol. The molecule has 0 aromatic carbocycles. The highest BCUT2D eigenvalue weighted by Gasteiger charge is 2.26. The zero-order valence-electron chi connectivity index (χ0n) is 12.9. The van der Waals surface area contributed by atoms with Crippen molar-refractivity contribution in [3.63, 3.8) is 0 Å². The molecule has 5 nitrogen and oxygen atoms in total. The number of aryl methyl sites for hydroxylation is 1. The van der Waals surface area contributed by atoms with Gasteiger partial charge in [0.25, 0.3) is 0 Å². The summed E-state index contributed by atoms with van der Waals surface area (Å²) in [6.45, 7) is 5.03. The molecule has 0 bridgehead atoms. The van der Waals surface area contributed by atoms with E-state index in [1.165, 1.54) is 10.4 Å². The minimum Gasteiger partial charge on any atom is -0.350 e. The van der Waals surface area contributed by atoms with Gasteiger partial charge in [0.2, 0.25) is 5.91 Å². The molecule has 118 valence electrons. The molecule has 1 aliphatic heterocycles. The number of carbonyl (C=O) groups excluding carboxylic acids is 1. The Morgan fingerprint density at radius 1 is 1.55 bits per heavy atom. The zero-order valence-corrected chi connectivity index (χ0v) is 13.7. The zero-order chi connectivity index (χ0) is 15.4. The second-order valence-corrected chi connectivity index (χ2v) is 6.89. The normalized spacial score (nSPS) is 18.7. The van der Waals surface area contributed by atoms with Crippen LogP contribution in [-0.2, 0) is 17.9 Å². The Bertz CT molecular complexity index is 607. The molecule has 3 heterocycles. The number of thiophene rings is 1. The van der Waals surface area contributed by atoms with Gasteiger partial charge in [-0.15, -0.1) is 11.3 Å². The van der Waals surface area contributed by atoms with Crippen LogP contribution in [0.5, 0.6) is 0 Å². The van der Waals surface area contributed by atoms with Gasteiger partial charge in [-0.2, -0.15) is 5.10 Å². The average Bonchev–Trinajstić information content (AvgIpc) is 3.21. The number of likely N-dealkylation sites (tertiary alicyclic amines) is 1. The van der Waals surface area contributed by atoms with Gasteiger partial charge in [0.15, 0.2) is 0 Å². The van der Waals surface area contributed by atoms with Crippen molar-refractivity contribution in [1.82, 2.24) is 20.0 Å². The Balaban J connectivity index is 1.49. The lowest BCUT2D eigenvalue weighted by atomic mass is 10.2. The molecule has 6 heteroatoms. The van der Waals surface area contributed by atoms with E-state index < -0.39 is 0 Å². The second-order valence-electron chi connectivity index (χ2n) is 5.86. The molecule has 2 aromatic rings. The number of amides is 1. The Hall–Kier alpha value is -1.66. The first-order chi connectivity index (χ1) is 10.7. The third kappa shape index (κ3) is 3.96. The highest BCUT2D eigenvalue weighted by molar-refractivity contribution is 7.09. The van der Waals surface area contributed by atoms with E-state index in [4.69, 9.17) is 0 Å². The minimum absolute atomic E-state index is 0.108. The van der Waals surface area contributed by atoms with Crippen molar-refractivity contribution in [1.29, 1.82) is 0 Å². The van der Waals surface area contributed by atoms with Crippen LogP contribution < -0.4 is 5.32 Å². The number of hydrogen-bond acceptors (Lipinski definition) is 4. The topological polar surface area (TPSA) is 50.2 Å². The van der Waals surface area contributed by atoms with E-state index in [1.807, 2.05) is 35.3 Å². The molecular formula is C16H22N4OS. The molecule has 0 unspecified atom stereocenters. The van der Waals surface area contributed by atoms with Crippen molar-refractivity contribution in [2.75, 3.05) is 13.1 Å². The summed E-state index contributed by atoms with van der Waals surface area (Å²) in [6, 6.07) is 4.46. The summed E-state index contributed by atoms with van der Waals surface area (Å²) >= 11 is 1.67. The van der Waals surface area contributed by atoms with E-state index in [9.17, 15) is 4.79 Å². The van der Waals surface area contributed by atoms with Crippen molar-refractivity contribution >= 4 is 17.2 Å². The van der Waals surface area contributed by atoms with Gasteiger partial charge in [-0.05, 0) is 43.3 Å². The van der Waals surface area contributed by atoms with Gasteiger partial charge in [-0.1, -0.05) is 6.07 Å². The summed E-state index contributed by atoms with van der Waals surface area (Å²) in [5.74, 6) is 0.108. The van der Waals surface area contributed by atoms with Crippen molar-refractivity contribution in [2.45, 2.75) is 38.9 Å². The lowest BCUT2D eigenvalue weighted by Crippen LogP contribution is -2.41. The van der Waals surface area contributed by atoms with Crippen LogP contribution in [0.3, 0.4) is 0 Å². The largest absolute Gasteiger partial charge is 0.350 e. The highest BCUT2D eigenvalue weighted by atomic mass is 32.1. The fraction of sp³-hybridized carbons (Fsp3) is 0.500. The van der Waals surface area contributed by atoms with E-state index in [0.717, 1.165) is 25.9 Å². The molecule has 1 fully saturated rings. The van der Waals surface area contributed by atoms with E-state index in [1.54, 1.807) is 11.3 Å². The van der Waals surface area contributed by atoms with Crippen molar-refractivity contribution in [2.24, 2.45) is 0 Å². The molecule has 1 amide bonds. The predicted molar refractivity (Wildman–Crippen MR) is 87.7 cm³/mol. The van der Waals surface area contributed by atoms with Gasteiger partial charge >= 0.3 is 0 Å². The molecule has 0 saturated carbocycles. The van der Waals surface area contributed by atoms with Crippen LogP contribution in [0.2, 0.25) is 0 Å². The Morgan fingerprint density at radius 2 is 2.45 bits per heavy atom. The molecular weight excluding hydrogens is 296 g/mol. The minimum atomic E-state index is 0.108. The molecule has 0 aliphatic carbocycles. The summed E-state index contributed by atoms with van der Waals surface area (Å²) in [7, 11) is 0. The van der Waals surface area contributed by atoms with Crippen LogP contribution in [0, 0.1) is 6.92 Å². The molecule has 2 aromatic heterocycles. The first kappa shape index (κ1) is 15.2. The van der Waals surface area contributed by atoms with E-state index in [2.05, 4.69) is 21.5 Å². The van der Waals surface area contributed by atoms with Crippen LogP contribution in [0.4, 0.5) is 0 Å². The smallest absolute Gasteiger partial charge is 0.234 e. The summed E-state index contributed by atoms with van der Waals surface area (Å²) in [6.07, 6.45) is 6.24. The first-order valence-electron chi connectivity index (χ1n) is 7.73. The molecule has 1 N–H and O–H groups in total. The summed E-state index contributed by atoms with van der Waals surface area (Å²) in [5, 5.41) is 9.39. The molecule has 1 saturated heterocycles. The van der Waals surface area contributed by atoms with Crippen molar-refractivity contribution in [3.8, 4) is 0 Å². The predicted octanol–water partition coefficient (Wildman–Crippen LogP) is 2.03. The monoisotopic (exact) mass is 318 g/mol. The SMILES string of the molecule is Cc1cnn(C[C@@H]2CCCN2CC(=O)NCc2cccs2)c1. The first-order valence-corrected chi connectivity index (χ1v) is 8.61. The number of aromatic nitrogens is 2. The Kier molecular flexibility index (Phi) is 4.90. The van der Waals surface area contributed by atoms with Crippen LogP contribution in [0.25, 0.3) is 0 Å². The van der Waals surface area contributed by atoms with Gasteiger partial charge in [-0.25, -0.2) is 0 Å². The number of hydrogen-bond donors (Lipinski definition) is 1. The third-order valence-corrected chi connectivity index (χ3v) is 4.92. The van der Waals surface area contributed by atoms with E-state index >= 15 is 0 Å². The maximum Gasteiger partial charge on any atom is 0.234 e. The lowest BCUT2D eigenvalue weighted by Gasteiger charge is -2.23. The molecule has 1 atom stereocenters. The van der Waals surface area contributed by atoms with Crippen LogP contribution in [-0.4, -0.2) is 39.7 Å². The van der Waals surface area contributed by atoms with Crippen LogP contribution in [0.1, 0.15) is 23.3 Å². The van der Waals surface area contributed by atoms with Crippen LogP contribution >= 0.6 is 11.3 Å². The second kappa shape index (κ2) is 7.07. The van der Waals surface area contributed by atoms with Crippen LogP contribution in [0.15, 0.2) is 29.9 Å². The van der Waals surface area contributed by atoms with Gasteiger partial charge in [-0.3, -0.25) is 14.4 Å². The van der Waals surface area contributed by atoms with Crippen molar-refractivity contribution in [3.05, 3.63) is 40.3 Å².